The van der Waals surface area contributed by atoms with Gasteiger partial charge in [0.1, 0.15) is 5.75 Å². The molecule has 1 N–H and O–H groups in total. The van der Waals surface area contributed by atoms with Crippen molar-refractivity contribution in [2.45, 2.75) is 13.0 Å². The zero-order valence-corrected chi connectivity index (χ0v) is 10.8. The summed E-state index contributed by atoms with van der Waals surface area (Å²) in [4.78, 5) is 15.9. The Kier molecular flexibility index (Phi) is 4.13. The average molecular weight is 256 g/mol. The number of nitrogens with zero attached hydrogens (tertiary/aromatic N) is 1. The molecule has 0 aliphatic heterocycles. The number of carbonyl (C=O) groups excluding carboxylic acids is 1. The summed E-state index contributed by atoms with van der Waals surface area (Å²) in [6.07, 6.45) is 2.69. The molecule has 0 aliphatic rings. The Bertz CT molecular complexity index is 595. The minimum absolute atomic E-state index is 0.173. The van der Waals surface area contributed by atoms with Crippen molar-refractivity contribution in [3.8, 4) is 5.75 Å². The summed E-state index contributed by atoms with van der Waals surface area (Å²) in [6, 6.07) is 9.63. The third-order valence-corrected chi connectivity index (χ3v) is 2.67. The Morgan fingerprint density at radius 3 is 3.11 bits per heavy atom. The maximum Gasteiger partial charge on any atom is 0.261 e. The molecule has 98 valence electrons. The predicted octanol–water partition coefficient (Wildman–Crippen LogP) is 2.30. The maximum atomic E-state index is 11.7. The number of carbonyl (C=O) groups is 1. The van der Waals surface area contributed by atoms with Crippen molar-refractivity contribution in [3.63, 3.8) is 0 Å². The Balaban J connectivity index is 2.08. The highest BCUT2D eigenvalue weighted by Crippen LogP contribution is 2.18. The van der Waals surface area contributed by atoms with Gasteiger partial charge in [-0.25, -0.2) is 0 Å². The predicted molar refractivity (Wildman–Crippen MR) is 75.0 cm³/mol. The lowest BCUT2D eigenvalue weighted by Gasteiger charge is -2.14. The van der Waals surface area contributed by atoms with Crippen molar-refractivity contribution in [1.29, 1.82) is 0 Å². The van der Waals surface area contributed by atoms with E-state index in [0.29, 0.717) is 12.3 Å². The lowest BCUT2D eigenvalue weighted by atomic mass is 10.2. The van der Waals surface area contributed by atoms with Gasteiger partial charge in [0.15, 0.2) is 6.10 Å². The van der Waals surface area contributed by atoms with Gasteiger partial charge in [-0.05, 0) is 19.1 Å². The summed E-state index contributed by atoms with van der Waals surface area (Å²) in [6.45, 7) is 5.68. The largest absolute Gasteiger partial charge is 0.479 e. The number of hydrogen-bond donors (Lipinski definition) is 1. The number of rotatable bonds is 5. The number of ether oxygens (including phenoxy) is 1. The molecule has 0 fully saturated rings. The van der Waals surface area contributed by atoms with Gasteiger partial charge in [-0.3, -0.25) is 9.78 Å². The molecule has 2 aromatic rings. The zero-order chi connectivity index (χ0) is 13.7. The van der Waals surface area contributed by atoms with E-state index >= 15 is 0 Å². The second-order valence-electron chi connectivity index (χ2n) is 4.16. The second-order valence-corrected chi connectivity index (χ2v) is 4.16. The highest BCUT2D eigenvalue weighted by molar-refractivity contribution is 5.82. The van der Waals surface area contributed by atoms with Gasteiger partial charge in [-0.2, -0.15) is 0 Å². The molecular formula is C15H16N2O2. The van der Waals surface area contributed by atoms with Crippen LogP contribution in [0.3, 0.4) is 0 Å². The average Bonchev–Trinajstić information content (AvgIpc) is 2.44. The van der Waals surface area contributed by atoms with Crippen LogP contribution in [0.4, 0.5) is 0 Å². The molecule has 19 heavy (non-hydrogen) atoms. The van der Waals surface area contributed by atoms with E-state index in [9.17, 15) is 4.79 Å². The molecule has 4 heteroatoms. The topological polar surface area (TPSA) is 51.2 Å². The highest BCUT2D eigenvalue weighted by Gasteiger charge is 2.13. The summed E-state index contributed by atoms with van der Waals surface area (Å²) in [5, 5.41) is 3.67. The van der Waals surface area contributed by atoms with Crippen LogP contribution < -0.4 is 10.1 Å². The minimum atomic E-state index is -0.567. The fraction of sp³-hybridized carbons (Fsp3) is 0.200. The van der Waals surface area contributed by atoms with Crippen LogP contribution in [0.5, 0.6) is 5.75 Å². The van der Waals surface area contributed by atoms with Crippen LogP contribution >= 0.6 is 0 Å². The number of pyridine rings is 1. The number of amides is 1. The fourth-order valence-electron chi connectivity index (χ4n) is 1.69. The quantitative estimate of drug-likeness (QED) is 0.835. The Hall–Kier alpha value is -2.36. The molecule has 4 nitrogen and oxygen atoms in total. The van der Waals surface area contributed by atoms with Gasteiger partial charge >= 0.3 is 0 Å². The third kappa shape index (κ3) is 3.31. The maximum absolute atomic E-state index is 11.7. The monoisotopic (exact) mass is 256 g/mol. The van der Waals surface area contributed by atoms with E-state index in [-0.39, 0.29) is 5.91 Å². The van der Waals surface area contributed by atoms with Gasteiger partial charge in [-0.15, -0.1) is 6.58 Å². The lowest BCUT2D eigenvalue weighted by molar-refractivity contribution is -0.127. The van der Waals surface area contributed by atoms with Crippen molar-refractivity contribution >= 4 is 16.8 Å². The normalized spacial score (nSPS) is 11.8. The van der Waals surface area contributed by atoms with E-state index in [1.165, 1.54) is 0 Å². The van der Waals surface area contributed by atoms with Crippen molar-refractivity contribution in [1.82, 2.24) is 10.3 Å². The smallest absolute Gasteiger partial charge is 0.261 e. The summed E-state index contributed by atoms with van der Waals surface area (Å²) < 4.78 is 5.57. The van der Waals surface area contributed by atoms with E-state index < -0.39 is 6.10 Å². The van der Waals surface area contributed by atoms with Crippen LogP contribution in [0, 0.1) is 0 Å². The van der Waals surface area contributed by atoms with Crippen molar-refractivity contribution in [2.24, 2.45) is 0 Å². The van der Waals surface area contributed by atoms with Crippen molar-refractivity contribution in [3.05, 3.63) is 49.2 Å². The molecule has 1 atom stereocenters. The highest BCUT2D eigenvalue weighted by atomic mass is 16.5. The molecule has 1 aromatic heterocycles. The number of benzene rings is 1. The lowest BCUT2D eigenvalue weighted by Crippen LogP contribution is -2.36. The molecule has 1 amide bonds. The van der Waals surface area contributed by atoms with E-state index in [1.807, 2.05) is 30.3 Å². The molecule has 0 radical (unpaired) electrons. The Labute approximate surface area is 112 Å². The van der Waals surface area contributed by atoms with Crippen LogP contribution in [-0.2, 0) is 4.79 Å². The number of aromatic nitrogens is 1. The first kappa shape index (κ1) is 13.1. The van der Waals surface area contributed by atoms with Gasteiger partial charge < -0.3 is 10.1 Å². The zero-order valence-electron chi connectivity index (χ0n) is 10.8. The van der Waals surface area contributed by atoms with Gasteiger partial charge in [0, 0.05) is 11.9 Å². The molecule has 0 saturated heterocycles. The number of nitrogens with one attached hydrogen (secondary N) is 1. The number of fused-ring (bicyclic) bond motifs is 1. The second kappa shape index (κ2) is 6.00. The van der Waals surface area contributed by atoms with E-state index in [0.717, 1.165) is 10.9 Å². The van der Waals surface area contributed by atoms with Crippen LogP contribution in [0.15, 0.2) is 49.2 Å². The molecule has 0 aliphatic carbocycles. The summed E-state index contributed by atoms with van der Waals surface area (Å²) in [7, 11) is 0. The van der Waals surface area contributed by atoms with Gasteiger partial charge in [0.2, 0.25) is 0 Å². The van der Waals surface area contributed by atoms with Crippen LogP contribution in [-0.4, -0.2) is 23.5 Å². The Morgan fingerprint density at radius 1 is 1.53 bits per heavy atom. The molecule has 1 unspecified atom stereocenters. The fourth-order valence-corrected chi connectivity index (χ4v) is 1.69. The molecule has 1 aromatic carbocycles. The molecular weight excluding hydrogens is 240 g/mol. The van der Waals surface area contributed by atoms with E-state index in [4.69, 9.17) is 4.74 Å². The first-order valence-corrected chi connectivity index (χ1v) is 6.11. The summed E-state index contributed by atoms with van der Waals surface area (Å²) in [5.74, 6) is 0.410. The van der Waals surface area contributed by atoms with Crippen molar-refractivity contribution in [2.75, 3.05) is 6.54 Å². The molecule has 2 rings (SSSR count). The van der Waals surface area contributed by atoms with E-state index in [2.05, 4.69) is 16.9 Å². The molecule has 0 spiro atoms. The Morgan fingerprint density at radius 2 is 2.32 bits per heavy atom. The van der Waals surface area contributed by atoms with E-state index in [1.54, 1.807) is 19.2 Å². The number of hydrogen-bond acceptors (Lipinski definition) is 3. The summed E-state index contributed by atoms with van der Waals surface area (Å²) >= 11 is 0. The van der Waals surface area contributed by atoms with Crippen molar-refractivity contribution < 1.29 is 9.53 Å². The van der Waals surface area contributed by atoms with Crippen LogP contribution in [0.25, 0.3) is 10.9 Å². The summed E-state index contributed by atoms with van der Waals surface area (Å²) in [5.41, 5.74) is 0.901. The standard InChI is InChI=1S/C15H16N2O2/c1-3-8-16-15(18)11(2)19-13-9-12-6-4-5-7-14(12)17-10-13/h3-7,9-11H,1,8H2,2H3,(H,16,18). The van der Waals surface area contributed by atoms with Gasteiger partial charge in [0.25, 0.3) is 5.91 Å². The number of para-hydroxylation sites is 1. The van der Waals surface area contributed by atoms with Crippen LogP contribution in [0.2, 0.25) is 0 Å². The first-order chi connectivity index (χ1) is 9.20. The third-order valence-electron chi connectivity index (χ3n) is 2.67. The first-order valence-electron chi connectivity index (χ1n) is 6.11. The van der Waals surface area contributed by atoms with Crippen LogP contribution in [0.1, 0.15) is 6.92 Å². The molecule has 1 heterocycles. The minimum Gasteiger partial charge on any atom is -0.479 e. The van der Waals surface area contributed by atoms with Gasteiger partial charge in [0.05, 0.1) is 11.7 Å². The molecule has 0 bridgehead atoms. The van der Waals surface area contributed by atoms with Gasteiger partial charge in [-0.1, -0.05) is 24.3 Å². The molecule has 0 saturated carbocycles. The SMILES string of the molecule is C=CCNC(=O)C(C)Oc1cnc2ccccc2c1.